The van der Waals surface area contributed by atoms with Crippen molar-refractivity contribution in [3.8, 4) is 0 Å². The topological polar surface area (TPSA) is 0 Å². The summed E-state index contributed by atoms with van der Waals surface area (Å²) >= 11 is 0. The van der Waals surface area contributed by atoms with Crippen LogP contribution >= 0.6 is 0 Å². The van der Waals surface area contributed by atoms with Crippen LogP contribution in [-0.2, 0) is 0 Å². The molecule has 1 aliphatic rings. The van der Waals surface area contributed by atoms with E-state index in [1.807, 2.05) is 0 Å². The van der Waals surface area contributed by atoms with Crippen molar-refractivity contribution >= 4 is 0 Å². The van der Waals surface area contributed by atoms with Gasteiger partial charge >= 0.3 is 0 Å². The molecule has 0 aliphatic heterocycles. The molecule has 0 aromatic carbocycles. The maximum Gasteiger partial charge on any atom is -0.0381 e. The van der Waals surface area contributed by atoms with Crippen molar-refractivity contribution < 1.29 is 0 Å². The summed E-state index contributed by atoms with van der Waals surface area (Å²) in [5, 5.41) is 0. The van der Waals surface area contributed by atoms with Crippen molar-refractivity contribution in [2.24, 2.45) is 17.8 Å². The summed E-state index contributed by atoms with van der Waals surface area (Å²) in [6, 6.07) is 0. The zero-order chi connectivity index (χ0) is 7.56. The van der Waals surface area contributed by atoms with Crippen LogP contribution in [0.3, 0.4) is 0 Å². The lowest BCUT2D eigenvalue weighted by atomic mass is 9.76. The molecule has 0 amide bonds. The second kappa shape index (κ2) is 3.41. The van der Waals surface area contributed by atoms with E-state index in [1.54, 1.807) is 0 Å². The van der Waals surface area contributed by atoms with Crippen molar-refractivity contribution in [1.29, 1.82) is 0 Å². The summed E-state index contributed by atoms with van der Waals surface area (Å²) in [5.41, 5.74) is 0. The van der Waals surface area contributed by atoms with Gasteiger partial charge in [-0.2, -0.15) is 0 Å². The lowest BCUT2D eigenvalue weighted by Crippen LogP contribution is -2.18. The van der Waals surface area contributed by atoms with Gasteiger partial charge in [0.15, 0.2) is 0 Å². The first kappa shape index (κ1) is 8.10. The fourth-order valence-corrected chi connectivity index (χ4v) is 2.28. The highest BCUT2D eigenvalue weighted by Gasteiger charge is 2.22. The Balaban J connectivity index is 2.35. The zero-order valence-corrected chi connectivity index (χ0v) is 7.43. The molecule has 1 rings (SSSR count). The first-order valence-corrected chi connectivity index (χ1v) is 4.51. The van der Waals surface area contributed by atoms with E-state index in [0.717, 1.165) is 17.8 Å². The molecule has 0 saturated heterocycles. The molecule has 0 heterocycles. The van der Waals surface area contributed by atoms with Crippen LogP contribution in [0.2, 0.25) is 0 Å². The molecule has 1 aliphatic carbocycles. The molecule has 2 unspecified atom stereocenters. The van der Waals surface area contributed by atoms with Crippen molar-refractivity contribution in [3.63, 3.8) is 0 Å². The maximum atomic E-state index is 2.38. The third-order valence-corrected chi connectivity index (χ3v) is 2.69. The third-order valence-electron chi connectivity index (χ3n) is 2.69. The van der Waals surface area contributed by atoms with Gasteiger partial charge in [-0.25, -0.2) is 0 Å². The number of hydrogen-bond donors (Lipinski definition) is 0. The number of hydrogen-bond acceptors (Lipinski definition) is 0. The Hall–Kier alpha value is 0. The van der Waals surface area contributed by atoms with E-state index < -0.39 is 0 Å². The molecule has 0 spiro atoms. The highest BCUT2D eigenvalue weighted by Crippen LogP contribution is 2.33. The SMILES string of the molecule is C[CH]C1CC(C)CC(C)C1. The van der Waals surface area contributed by atoms with Crippen LogP contribution in [0.15, 0.2) is 0 Å². The van der Waals surface area contributed by atoms with Crippen molar-refractivity contribution in [1.82, 2.24) is 0 Å². The van der Waals surface area contributed by atoms with Crippen molar-refractivity contribution in [3.05, 3.63) is 6.42 Å². The summed E-state index contributed by atoms with van der Waals surface area (Å²) in [7, 11) is 0. The Morgan fingerprint density at radius 3 is 1.90 bits per heavy atom. The van der Waals surface area contributed by atoms with Gasteiger partial charge in [-0.1, -0.05) is 20.8 Å². The second-order valence-electron chi connectivity index (χ2n) is 4.01. The first-order valence-electron chi connectivity index (χ1n) is 4.51. The van der Waals surface area contributed by atoms with E-state index >= 15 is 0 Å². The van der Waals surface area contributed by atoms with Gasteiger partial charge in [0.1, 0.15) is 0 Å². The summed E-state index contributed by atoms with van der Waals surface area (Å²) < 4.78 is 0. The normalized spacial score (nSPS) is 41.7. The van der Waals surface area contributed by atoms with E-state index in [1.165, 1.54) is 19.3 Å². The van der Waals surface area contributed by atoms with Crippen LogP contribution in [-0.4, -0.2) is 0 Å². The van der Waals surface area contributed by atoms with Crippen LogP contribution in [0.1, 0.15) is 40.0 Å². The summed E-state index contributed by atoms with van der Waals surface area (Å²) in [6.07, 6.45) is 6.69. The third kappa shape index (κ3) is 2.00. The Morgan fingerprint density at radius 1 is 1.00 bits per heavy atom. The molecule has 0 N–H and O–H groups in total. The monoisotopic (exact) mass is 139 g/mol. The minimum atomic E-state index is 0.916. The Labute approximate surface area is 65.0 Å². The molecule has 59 valence electrons. The van der Waals surface area contributed by atoms with Crippen molar-refractivity contribution in [2.45, 2.75) is 40.0 Å². The highest BCUT2D eigenvalue weighted by molar-refractivity contribution is 4.81. The molecule has 1 radical (unpaired) electrons. The smallest absolute Gasteiger partial charge is 0.0381 e. The fraction of sp³-hybridized carbons (Fsp3) is 0.900. The molecule has 0 aromatic heterocycles. The Morgan fingerprint density at radius 2 is 1.50 bits per heavy atom. The van der Waals surface area contributed by atoms with Gasteiger partial charge in [0.25, 0.3) is 0 Å². The van der Waals surface area contributed by atoms with E-state index in [-0.39, 0.29) is 0 Å². The Bertz CT molecular complexity index is 86.2. The Kier molecular flexibility index (Phi) is 2.76. The maximum absolute atomic E-state index is 2.38. The minimum Gasteiger partial charge on any atom is -0.0625 e. The van der Waals surface area contributed by atoms with E-state index in [0.29, 0.717) is 0 Å². The van der Waals surface area contributed by atoms with Crippen LogP contribution in [0.25, 0.3) is 0 Å². The van der Waals surface area contributed by atoms with Crippen LogP contribution in [0.5, 0.6) is 0 Å². The highest BCUT2D eigenvalue weighted by atomic mass is 14.3. The zero-order valence-electron chi connectivity index (χ0n) is 7.43. The average Bonchev–Trinajstić information content (AvgIpc) is 1.85. The number of rotatable bonds is 1. The van der Waals surface area contributed by atoms with Gasteiger partial charge in [0.2, 0.25) is 0 Å². The quantitative estimate of drug-likeness (QED) is 0.523. The van der Waals surface area contributed by atoms with Gasteiger partial charge < -0.3 is 0 Å². The summed E-state index contributed by atoms with van der Waals surface area (Å²) in [4.78, 5) is 0. The van der Waals surface area contributed by atoms with E-state index in [4.69, 9.17) is 0 Å². The predicted octanol–water partition coefficient (Wildman–Crippen LogP) is 3.28. The van der Waals surface area contributed by atoms with Crippen LogP contribution < -0.4 is 0 Å². The predicted molar refractivity (Wildman–Crippen MR) is 45.6 cm³/mol. The van der Waals surface area contributed by atoms with E-state index in [2.05, 4.69) is 27.2 Å². The first-order chi connectivity index (χ1) is 4.72. The summed E-state index contributed by atoms with van der Waals surface area (Å²) in [6.45, 7) is 6.97. The molecular weight excluding hydrogens is 120 g/mol. The van der Waals surface area contributed by atoms with Gasteiger partial charge in [-0.3, -0.25) is 0 Å². The van der Waals surface area contributed by atoms with Gasteiger partial charge in [-0.15, -0.1) is 0 Å². The molecule has 0 nitrogen and oxygen atoms in total. The molecule has 0 bridgehead atoms. The van der Waals surface area contributed by atoms with Gasteiger partial charge in [-0.05, 0) is 43.4 Å². The van der Waals surface area contributed by atoms with E-state index in [9.17, 15) is 0 Å². The fourth-order valence-electron chi connectivity index (χ4n) is 2.28. The molecule has 0 aromatic rings. The van der Waals surface area contributed by atoms with Gasteiger partial charge in [0.05, 0.1) is 0 Å². The minimum absolute atomic E-state index is 0.916. The average molecular weight is 139 g/mol. The van der Waals surface area contributed by atoms with Crippen LogP contribution in [0.4, 0.5) is 0 Å². The second-order valence-corrected chi connectivity index (χ2v) is 4.01. The molecule has 1 fully saturated rings. The lowest BCUT2D eigenvalue weighted by molar-refractivity contribution is 0.241. The molecule has 1 saturated carbocycles. The molecule has 2 atom stereocenters. The standard InChI is InChI=1S/C10H19/c1-4-10-6-8(2)5-9(3)7-10/h4,8-10H,5-7H2,1-3H3. The molecular formula is C10H19. The largest absolute Gasteiger partial charge is 0.0625 e. The summed E-state index contributed by atoms with van der Waals surface area (Å²) in [5.74, 6) is 2.84. The van der Waals surface area contributed by atoms with Crippen LogP contribution in [0, 0.1) is 24.2 Å². The van der Waals surface area contributed by atoms with Gasteiger partial charge in [0, 0.05) is 0 Å². The lowest BCUT2D eigenvalue weighted by Gasteiger charge is -2.30. The molecule has 10 heavy (non-hydrogen) atoms. The molecule has 0 heteroatoms. The van der Waals surface area contributed by atoms with Crippen molar-refractivity contribution in [2.75, 3.05) is 0 Å².